The first-order chi connectivity index (χ1) is 10.3. The van der Waals surface area contributed by atoms with Gasteiger partial charge in [0, 0.05) is 25.4 Å². The normalized spacial score (nSPS) is 20.4. The van der Waals surface area contributed by atoms with E-state index in [0.29, 0.717) is 12.2 Å². The van der Waals surface area contributed by atoms with Gasteiger partial charge >= 0.3 is 0 Å². The lowest BCUT2D eigenvalue weighted by Crippen LogP contribution is -2.31. The number of H-pyrrole nitrogens is 1. The zero-order chi connectivity index (χ0) is 14.2. The third-order valence-electron chi connectivity index (χ3n) is 4.29. The van der Waals surface area contributed by atoms with Gasteiger partial charge in [-0.2, -0.15) is 0 Å². The third kappa shape index (κ3) is 2.00. The van der Waals surface area contributed by atoms with Crippen molar-refractivity contribution in [1.82, 2.24) is 14.9 Å². The van der Waals surface area contributed by atoms with Crippen molar-refractivity contribution in [2.45, 2.75) is 25.3 Å². The van der Waals surface area contributed by atoms with Gasteiger partial charge in [0.05, 0.1) is 18.2 Å². The highest BCUT2D eigenvalue weighted by molar-refractivity contribution is 5.98. The fraction of sp³-hybridized carbons (Fsp3) is 0.375. The van der Waals surface area contributed by atoms with Gasteiger partial charge in [-0.05, 0) is 24.5 Å². The number of rotatable bonds is 2. The van der Waals surface area contributed by atoms with E-state index in [1.807, 2.05) is 23.1 Å². The Morgan fingerprint density at radius 3 is 3.24 bits per heavy atom. The highest BCUT2D eigenvalue weighted by Gasteiger charge is 2.34. The molecule has 1 atom stereocenters. The zero-order valence-corrected chi connectivity index (χ0v) is 11.7. The number of fused-ring (bicyclic) bond motifs is 1. The first-order valence-electron chi connectivity index (χ1n) is 7.39. The number of imidazole rings is 1. The van der Waals surface area contributed by atoms with Crippen LogP contribution in [0, 0.1) is 0 Å². The van der Waals surface area contributed by atoms with E-state index < -0.39 is 0 Å². The number of hydrogen-bond donors (Lipinski definition) is 1. The van der Waals surface area contributed by atoms with Crippen molar-refractivity contribution in [3.05, 3.63) is 47.5 Å². The molecule has 3 heterocycles. The molecule has 5 nitrogen and oxygen atoms in total. The summed E-state index contributed by atoms with van der Waals surface area (Å²) in [4.78, 5) is 22.3. The van der Waals surface area contributed by atoms with E-state index >= 15 is 0 Å². The summed E-state index contributed by atoms with van der Waals surface area (Å²) in [6.45, 7) is 1.44. The molecule has 1 N–H and O–H groups in total. The molecule has 2 aliphatic heterocycles. The molecule has 1 amide bonds. The summed E-state index contributed by atoms with van der Waals surface area (Å²) >= 11 is 0. The molecule has 0 bridgehead atoms. The number of ether oxygens (including phenoxy) is 1. The Labute approximate surface area is 122 Å². The molecule has 1 saturated heterocycles. The molecular weight excluding hydrogens is 266 g/mol. The Kier molecular flexibility index (Phi) is 2.91. The van der Waals surface area contributed by atoms with Crippen molar-refractivity contribution in [3.8, 4) is 5.75 Å². The Morgan fingerprint density at radius 2 is 2.38 bits per heavy atom. The van der Waals surface area contributed by atoms with Crippen LogP contribution >= 0.6 is 0 Å². The van der Waals surface area contributed by atoms with E-state index in [-0.39, 0.29) is 11.9 Å². The summed E-state index contributed by atoms with van der Waals surface area (Å²) in [6, 6.07) is 5.89. The van der Waals surface area contributed by atoms with E-state index in [4.69, 9.17) is 4.74 Å². The van der Waals surface area contributed by atoms with Crippen LogP contribution < -0.4 is 4.74 Å². The number of para-hydroxylation sites is 1. The van der Waals surface area contributed by atoms with Crippen LogP contribution in [0.1, 0.15) is 40.6 Å². The Hall–Kier alpha value is -2.30. The largest absolute Gasteiger partial charge is 0.492 e. The van der Waals surface area contributed by atoms with Crippen LogP contribution in [0.5, 0.6) is 5.75 Å². The van der Waals surface area contributed by atoms with Crippen molar-refractivity contribution in [2.75, 3.05) is 13.2 Å². The number of likely N-dealkylation sites (tertiary alicyclic amines) is 1. The maximum Gasteiger partial charge on any atom is 0.258 e. The summed E-state index contributed by atoms with van der Waals surface area (Å²) in [5, 5.41) is 0. The number of carbonyl (C=O) groups excluding carboxylic acids is 1. The number of nitrogens with zero attached hydrogens (tertiary/aromatic N) is 2. The first-order valence-corrected chi connectivity index (χ1v) is 7.39. The number of aromatic amines is 1. The van der Waals surface area contributed by atoms with Crippen molar-refractivity contribution in [3.63, 3.8) is 0 Å². The molecule has 2 aliphatic rings. The number of nitrogens with one attached hydrogen (secondary N) is 1. The van der Waals surface area contributed by atoms with Gasteiger partial charge in [-0.1, -0.05) is 12.1 Å². The molecule has 1 fully saturated rings. The highest BCUT2D eigenvalue weighted by atomic mass is 16.5. The Balaban J connectivity index is 1.67. The third-order valence-corrected chi connectivity index (χ3v) is 4.29. The molecule has 21 heavy (non-hydrogen) atoms. The molecular formula is C16H17N3O2. The lowest BCUT2D eigenvalue weighted by molar-refractivity contribution is 0.0727. The van der Waals surface area contributed by atoms with Crippen molar-refractivity contribution in [2.24, 2.45) is 0 Å². The molecule has 0 saturated carbocycles. The standard InChI is InChI=1S/C16H17N3O2/c20-16(12-4-1-3-11-6-10-21-14(11)12)19-9-2-5-13(19)15-17-7-8-18-15/h1,3-4,7-8,13H,2,5-6,9-10H2,(H,17,18). The number of aromatic nitrogens is 2. The van der Waals surface area contributed by atoms with Gasteiger partial charge in [0.25, 0.3) is 5.91 Å². The van der Waals surface area contributed by atoms with Gasteiger partial charge < -0.3 is 14.6 Å². The van der Waals surface area contributed by atoms with Crippen molar-refractivity contribution < 1.29 is 9.53 Å². The maximum atomic E-state index is 12.9. The van der Waals surface area contributed by atoms with E-state index in [1.165, 1.54) is 0 Å². The van der Waals surface area contributed by atoms with Crippen LogP contribution in [-0.2, 0) is 6.42 Å². The molecule has 0 spiro atoms. The number of carbonyl (C=O) groups is 1. The molecule has 0 radical (unpaired) electrons. The quantitative estimate of drug-likeness (QED) is 0.920. The number of amides is 1. The molecule has 1 aromatic heterocycles. The summed E-state index contributed by atoms with van der Waals surface area (Å²) in [5.41, 5.74) is 1.82. The Morgan fingerprint density at radius 1 is 1.43 bits per heavy atom. The minimum Gasteiger partial charge on any atom is -0.492 e. The number of benzene rings is 1. The van der Waals surface area contributed by atoms with Crippen LogP contribution in [0.15, 0.2) is 30.6 Å². The van der Waals surface area contributed by atoms with E-state index in [1.54, 1.807) is 12.4 Å². The maximum absolute atomic E-state index is 12.9. The SMILES string of the molecule is O=C(c1cccc2c1OCC2)N1CCCC1c1ncc[nH]1. The summed E-state index contributed by atoms with van der Waals surface area (Å²) in [6.07, 6.45) is 6.39. The van der Waals surface area contributed by atoms with Crippen LogP contribution in [-0.4, -0.2) is 33.9 Å². The van der Waals surface area contributed by atoms with Gasteiger partial charge in [0.15, 0.2) is 0 Å². The lowest BCUT2D eigenvalue weighted by Gasteiger charge is -2.24. The highest BCUT2D eigenvalue weighted by Crippen LogP contribution is 2.35. The van der Waals surface area contributed by atoms with Gasteiger partial charge in [0.2, 0.25) is 0 Å². The minimum atomic E-state index is 0.0461. The van der Waals surface area contributed by atoms with Crippen LogP contribution in [0.3, 0.4) is 0 Å². The number of hydrogen-bond acceptors (Lipinski definition) is 3. The van der Waals surface area contributed by atoms with Gasteiger partial charge in [-0.15, -0.1) is 0 Å². The monoisotopic (exact) mass is 283 g/mol. The topological polar surface area (TPSA) is 58.2 Å². The summed E-state index contributed by atoms with van der Waals surface area (Å²) < 4.78 is 5.67. The predicted molar refractivity (Wildman–Crippen MR) is 77.2 cm³/mol. The average Bonchev–Trinajstić information content (AvgIpc) is 3.23. The molecule has 1 aromatic carbocycles. The second kappa shape index (κ2) is 4.91. The average molecular weight is 283 g/mol. The fourth-order valence-electron chi connectivity index (χ4n) is 3.29. The smallest absolute Gasteiger partial charge is 0.258 e. The fourth-order valence-corrected chi connectivity index (χ4v) is 3.29. The second-order valence-electron chi connectivity index (χ2n) is 5.52. The van der Waals surface area contributed by atoms with E-state index in [2.05, 4.69) is 9.97 Å². The predicted octanol–water partition coefficient (Wildman–Crippen LogP) is 2.32. The summed E-state index contributed by atoms with van der Waals surface area (Å²) in [7, 11) is 0. The van der Waals surface area contributed by atoms with E-state index in [9.17, 15) is 4.79 Å². The lowest BCUT2D eigenvalue weighted by atomic mass is 10.1. The minimum absolute atomic E-state index is 0.0461. The van der Waals surface area contributed by atoms with E-state index in [0.717, 1.165) is 42.9 Å². The second-order valence-corrected chi connectivity index (χ2v) is 5.52. The van der Waals surface area contributed by atoms with Crippen LogP contribution in [0.4, 0.5) is 0 Å². The van der Waals surface area contributed by atoms with Crippen LogP contribution in [0.25, 0.3) is 0 Å². The zero-order valence-electron chi connectivity index (χ0n) is 11.7. The molecule has 2 aromatic rings. The molecule has 1 unspecified atom stereocenters. The molecule has 4 rings (SSSR count). The first kappa shape index (κ1) is 12.4. The van der Waals surface area contributed by atoms with Gasteiger partial charge in [-0.3, -0.25) is 4.79 Å². The van der Waals surface area contributed by atoms with Gasteiger partial charge in [-0.25, -0.2) is 4.98 Å². The Bertz CT molecular complexity index is 666. The van der Waals surface area contributed by atoms with Crippen LogP contribution in [0.2, 0.25) is 0 Å². The van der Waals surface area contributed by atoms with Crippen molar-refractivity contribution in [1.29, 1.82) is 0 Å². The molecule has 5 heteroatoms. The van der Waals surface area contributed by atoms with Gasteiger partial charge in [0.1, 0.15) is 11.6 Å². The molecule has 108 valence electrons. The van der Waals surface area contributed by atoms with Crippen molar-refractivity contribution >= 4 is 5.91 Å². The molecule has 0 aliphatic carbocycles. The summed E-state index contributed by atoms with van der Waals surface area (Å²) in [5.74, 6) is 1.69.